The summed E-state index contributed by atoms with van der Waals surface area (Å²) in [6.07, 6.45) is 2.26. The summed E-state index contributed by atoms with van der Waals surface area (Å²) in [5.41, 5.74) is 2.88. The average Bonchev–Trinajstić information content (AvgIpc) is 2.57. The summed E-state index contributed by atoms with van der Waals surface area (Å²) < 4.78 is 1.03. The number of aryl methyl sites for hydroxylation is 1. The van der Waals surface area contributed by atoms with Gasteiger partial charge in [0.05, 0.1) is 0 Å². The molecule has 122 valence electrons. The van der Waals surface area contributed by atoms with E-state index in [2.05, 4.69) is 26.6 Å². The maximum Gasteiger partial charge on any atom is 0.267 e. The second-order valence-corrected chi connectivity index (χ2v) is 6.19. The van der Waals surface area contributed by atoms with E-state index in [1.54, 1.807) is 0 Å². The second-order valence-electron chi connectivity index (χ2n) is 5.27. The molecule has 4 nitrogen and oxygen atoms in total. The van der Waals surface area contributed by atoms with E-state index in [0.717, 1.165) is 16.5 Å². The zero-order chi connectivity index (χ0) is 17.4. The number of anilines is 1. The van der Waals surface area contributed by atoms with Crippen molar-refractivity contribution in [2.75, 3.05) is 11.9 Å². The van der Waals surface area contributed by atoms with Crippen molar-refractivity contribution in [1.82, 2.24) is 5.32 Å². The van der Waals surface area contributed by atoms with Gasteiger partial charge in [-0.3, -0.25) is 4.79 Å². The summed E-state index contributed by atoms with van der Waals surface area (Å²) in [6, 6.07) is 17.4. The summed E-state index contributed by atoms with van der Waals surface area (Å²) in [7, 11) is 0. The van der Waals surface area contributed by atoms with Crippen molar-refractivity contribution < 1.29 is 4.79 Å². The number of nitrogens with zero attached hydrogens (tertiary/aromatic N) is 1. The number of carbonyl (C=O) groups is 1. The number of amides is 1. The Balaban J connectivity index is 1.90. The van der Waals surface area contributed by atoms with Crippen LogP contribution in [0.2, 0.25) is 0 Å². The minimum atomic E-state index is -0.415. The number of halogens is 1. The quantitative estimate of drug-likeness (QED) is 0.451. The van der Waals surface area contributed by atoms with Crippen LogP contribution in [0.1, 0.15) is 11.1 Å². The van der Waals surface area contributed by atoms with Crippen molar-refractivity contribution >= 4 is 27.5 Å². The standard InChI is InChI=1S/C19H18BrN3O/c1-14-5-2-3-8-18(14)23-19(24)16(12-21)13-22-10-9-15-6-4-7-17(20)11-15/h2-8,11,13,22H,9-10H2,1H3,(H,23,24)/b16-13-. The molecule has 0 aliphatic rings. The van der Waals surface area contributed by atoms with Gasteiger partial charge >= 0.3 is 0 Å². The Hall–Kier alpha value is -2.58. The molecule has 0 spiro atoms. The van der Waals surface area contributed by atoms with E-state index < -0.39 is 5.91 Å². The highest BCUT2D eigenvalue weighted by Gasteiger charge is 2.10. The molecular weight excluding hydrogens is 366 g/mol. The van der Waals surface area contributed by atoms with E-state index in [4.69, 9.17) is 0 Å². The summed E-state index contributed by atoms with van der Waals surface area (Å²) in [5, 5.41) is 14.9. The first-order chi connectivity index (χ1) is 11.6. The zero-order valence-electron chi connectivity index (χ0n) is 13.3. The van der Waals surface area contributed by atoms with Gasteiger partial charge in [0.1, 0.15) is 11.6 Å². The van der Waals surface area contributed by atoms with Gasteiger partial charge in [0.25, 0.3) is 5.91 Å². The van der Waals surface area contributed by atoms with Gasteiger partial charge in [-0.15, -0.1) is 0 Å². The molecule has 0 saturated heterocycles. The minimum absolute atomic E-state index is 0.0486. The van der Waals surface area contributed by atoms with Crippen LogP contribution in [0.15, 0.2) is 64.8 Å². The molecule has 2 N–H and O–H groups in total. The van der Waals surface area contributed by atoms with Crippen LogP contribution >= 0.6 is 15.9 Å². The van der Waals surface area contributed by atoms with Crippen molar-refractivity contribution in [1.29, 1.82) is 5.26 Å². The van der Waals surface area contributed by atoms with Gasteiger partial charge in [0, 0.05) is 22.9 Å². The Bertz CT molecular complexity index is 793. The first kappa shape index (κ1) is 17.8. The molecule has 0 aromatic heterocycles. The summed E-state index contributed by atoms with van der Waals surface area (Å²) in [5.74, 6) is -0.415. The van der Waals surface area contributed by atoms with Crippen LogP contribution in [0.3, 0.4) is 0 Å². The Morgan fingerprint density at radius 2 is 2.04 bits per heavy atom. The number of nitrogens with one attached hydrogen (secondary N) is 2. The fraction of sp³-hybridized carbons (Fsp3) is 0.158. The topological polar surface area (TPSA) is 64.9 Å². The monoisotopic (exact) mass is 383 g/mol. The molecule has 5 heteroatoms. The van der Waals surface area contributed by atoms with Crippen molar-refractivity contribution in [2.45, 2.75) is 13.3 Å². The fourth-order valence-electron chi connectivity index (χ4n) is 2.13. The van der Waals surface area contributed by atoms with E-state index in [0.29, 0.717) is 12.2 Å². The highest BCUT2D eigenvalue weighted by molar-refractivity contribution is 9.10. The molecular formula is C19H18BrN3O. The second kappa shape index (κ2) is 8.90. The smallest absolute Gasteiger partial charge is 0.267 e. The van der Waals surface area contributed by atoms with E-state index in [-0.39, 0.29) is 5.57 Å². The molecule has 0 heterocycles. The van der Waals surface area contributed by atoms with Crippen molar-refractivity contribution in [2.24, 2.45) is 0 Å². The van der Waals surface area contributed by atoms with Crippen LogP contribution in [0.4, 0.5) is 5.69 Å². The number of nitriles is 1. The van der Waals surface area contributed by atoms with E-state index in [1.165, 1.54) is 11.8 Å². The van der Waals surface area contributed by atoms with Crippen molar-refractivity contribution in [3.8, 4) is 6.07 Å². The third kappa shape index (κ3) is 5.25. The van der Waals surface area contributed by atoms with E-state index >= 15 is 0 Å². The number of hydrogen-bond acceptors (Lipinski definition) is 3. The lowest BCUT2D eigenvalue weighted by molar-refractivity contribution is -0.112. The molecule has 0 saturated carbocycles. The van der Waals surface area contributed by atoms with Gasteiger partial charge in [0.2, 0.25) is 0 Å². The Morgan fingerprint density at radius 1 is 1.25 bits per heavy atom. The molecule has 0 bridgehead atoms. The lowest BCUT2D eigenvalue weighted by atomic mass is 10.1. The van der Waals surface area contributed by atoms with Gasteiger partial charge in [-0.05, 0) is 42.7 Å². The van der Waals surface area contributed by atoms with Gasteiger partial charge in [-0.2, -0.15) is 5.26 Å². The van der Waals surface area contributed by atoms with Crippen LogP contribution in [-0.2, 0) is 11.2 Å². The number of benzene rings is 2. The molecule has 0 radical (unpaired) electrons. The molecule has 0 aliphatic carbocycles. The third-order valence-corrected chi connectivity index (χ3v) is 3.95. The van der Waals surface area contributed by atoms with Crippen LogP contribution in [-0.4, -0.2) is 12.5 Å². The largest absolute Gasteiger partial charge is 0.389 e. The predicted octanol–water partition coefficient (Wildman–Crippen LogP) is 3.94. The average molecular weight is 384 g/mol. The molecule has 24 heavy (non-hydrogen) atoms. The summed E-state index contributed by atoms with van der Waals surface area (Å²) >= 11 is 3.43. The molecule has 0 fully saturated rings. The molecule has 0 atom stereocenters. The van der Waals surface area contributed by atoms with Gasteiger partial charge in [-0.25, -0.2) is 0 Å². The van der Waals surface area contributed by atoms with Gasteiger partial charge in [-0.1, -0.05) is 46.3 Å². The lowest BCUT2D eigenvalue weighted by Crippen LogP contribution is -2.18. The number of hydrogen-bond donors (Lipinski definition) is 2. The summed E-state index contributed by atoms with van der Waals surface area (Å²) in [4.78, 5) is 12.2. The normalized spacial score (nSPS) is 10.8. The fourth-order valence-corrected chi connectivity index (χ4v) is 2.58. The Kier molecular flexibility index (Phi) is 6.59. The highest BCUT2D eigenvalue weighted by Crippen LogP contribution is 2.14. The molecule has 0 aliphatic heterocycles. The molecule has 2 rings (SSSR count). The SMILES string of the molecule is Cc1ccccc1NC(=O)/C(C#N)=C\NCCc1cccc(Br)c1. The Labute approximate surface area is 150 Å². The molecule has 2 aromatic carbocycles. The van der Waals surface area contributed by atoms with Gasteiger partial charge < -0.3 is 10.6 Å². The lowest BCUT2D eigenvalue weighted by Gasteiger charge is -2.07. The molecule has 1 amide bonds. The zero-order valence-corrected chi connectivity index (χ0v) is 14.9. The number of carbonyl (C=O) groups excluding carboxylic acids is 1. The molecule has 2 aromatic rings. The third-order valence-electron chi connectivity index (χ3n) is 3.45. The van der Waals surface area contributed by atoms with Gasteiger partial charge in [0.15, 0.2) is 0 Å². The Morgan fingerprint density at radius 3 is 2.75 bits per heavy atom. The maximum absolute atomic E-state index is 12.2. The summed E-state index contributed by atoms with van der Waals surface area (Å²) in [6.45, 7) is 2.54. The first-order valence-electron chi connectivity index (χ1n) is 7.55. The maximum atomic E-state index is 12.2. The van der Waals surface area contributed by atoms with Crippen molar-refractivity contribution in [3.63, 3.8) is 0 Å². The van der Waals surface area contributed by atoms with Crippen molar-refractivity contribution in [3.05, 3.63) is 75.9 Å². The number of para-hydroxylation sites is 1. The first-order valence-corrected chi connectivity index (χ1v) is 8.34. The van der Waals surface area contributed by atoms with Crippen LogP contribution in [0.25, 0.3) is 0 Å². The highest BCUT2D eigenvalue weighted by atomic mass is 79.9. The number of rotatable bonds is 6. The van der Waals surface area contributed by atoms with Crippen LogP contribution < -0.4 is 10.6 Å². The van der Waals surface area contributed by atoms with E-state index in [9.17, 15) is 10.1 Å². The van der Waals surface area contributed by atoms with Crippen LogP contribution in [0.5, 0.6) is 0 Å². The predicted molar refractivity (Wildman–Crippen MR) is 99.4 cm³/mol. The minimum Gasteiger partial charge on any atom is -0.389 e. The van der Waals surface area contributed by atoms with E-state index in [1.807, 2.05) is 61.5 Å². The van der Waals surface area contributed by atoms with Crippen LogP contribution in [0, 0.1) is 18.3 Å². The molecule has 0 unspecified atom stereocenters.